The molecular formula is C26H30O4S6. The summed E-state index contributed by atoms with van der Waals surface area (Å²) in [4.78, 5) is 24.6. The van der Waals surface area contributed by atoms with Gasteiger partial charge >= 0.3 is 11.9 Å². The van der Waals surface area contributed by atoms with Crippen molar-refractivity contribution in [3.05, 3.63) is 81.3 Å². The summed E-state index contributed by atoms with van der Waals surface area (Å²) in [5, 5.41) is 4.22. The van der Waals surface area contributed by atoms with Crippen LogP contribution in [0.2, 0.25) is 0 Å². The van der Waals surface area contributed by atoms with E-state index in [-0.39, 0.29) is 11.9 Å². The molecule has 0 spiro atoms. The van der Waals surface area contributed by atoms with Gasteiger partial charge in [0.05, 0.1) is 9.16 Å². The molecule has 2 heterocycles. The predicted molar refractivity (Wildman–Crippen MR) is 164 cm³/mol. The number of benzene rings is 1. The molecule has 1 aromatic rings. The van der Waals surface area contributed by atoms with Crippen LogP contribution in [0, 0.1) is 0 Å². The number of carbonyl (C=O) groups excluding carboxylic acids is 2. The molecule has 36 heavy (non-hydrogen) atoms. The first kappa shape index (κ1) is 29.8. The third-order valence-electron chi connectivity index (χ3n) is 4.87. The summed E-state index contributed by atoms with van der Waals surface area (Å²) in [6.45, 7) is 7.53. The fourth-order valence-electron chi connectivity index (χ4n) is 3.02. The maximum atomic E-state index is 11.2. The lowest BCUT2D eigenvalue weighted by molar-refractivity contribution is -0.137. The molecule has 0 fully saturated rings. The van der Waals surface area contributed by atoms with Gasteiger partial charge in [0, 0.05) is 33.5 Å². The molecule has 0 aromatic heterocycles. The Balaban J connectivity index is 1.21. The van der Waals surface area contributed by atoms with E-state index in [9.17, 15) is 9.59 Å². The number of thioether (sulfide) groups is 6. The van der Waals surface area contributed by atoms with Crippen molar-refractivity contribution in [1.29, 1.82) is 0 Å². The molecule has 3 rings (SSSR count). The van der Waals surface area contributed by atoms with Crippen LogP contribution < -0.4 is 0 Å². The molecule has 0 radical (unpaired) electrons. The molecule has 0 aliphatic carbocycles. The second kappa shape index (κ2) is 16.9. The van der Waals surface area contributed by atoms with Crippen molar-refractivity contribution in [2.75, 3.05) is 24.7 Å². The zero-order valence-electron chi connectivity index (χ0n) is 19.9. The lowest BCUT2D eigenvalue weighted by atomic mass is 10.2. The molecule has 1 aromatic carbocycles. The lowest BCUT2D eigenvalue weighted by Crippen LogP contribution is -2.03. The number of ether oxygens (including phenoxy) is 2. The van der Waals surface area contributed by atoms with Crippen LogP contribution in [0.4, 0.5) is 0 Å². The molecule has 2 unspecified atom stereocenters. The zero-order valence-corrected chi connectivity index (χ0v) is 24.8. The number of esters is 2. The summed E-state index contributed by atoms with van der Waals surface area (Å²) >= 11 is 11.2. The molecule has 2 aliphatic heterocycles. The maximum absolute atomic E-state index is 11.2. The van der Waals surface area contributed by atoms with Crippen LogP contribution in [0.5, 0.6) is 0 Å². The van der Waals surface area contributed by atoms with Gasteiger partial charge in [-0.25, -0.2) is 9.59 Å². The van der Waals surface area contributed by atoms with Gasteiger partial charge in [-0.1, -0.05) is 37.4 Å². The van der Waals surface area contributed by atoms with Crippen molar-refractivity contribution in [2.24, 2.45) is 0 Å². The minimum Gasteiger partial charge on any atom is -0.457 e. The Kier molecular flexibility index (Phi) is 14.0. The van der Waals surface area contributed by atoms with Crippen molar-refractivity contribution < 1.29 is 19.1 Å². The average Bonchev–Trinajstić information content (AvgIpc) is 3.56. The van der Waals surface area contributed by atoms with Crippen LogP contribution in [0.1, 0.15) is 24.0 Å². The summed E-state index contributed by atoms with van der Waals surface area (Å²) in [6, 6.07) is 9.00. The van der Waals surface area contributed by atoms with Crippen LogP contribution in [-0.4, -0.2) is 45.8 Å². The third-order valence-corrected chi connectivity index (χ3v) is 12.5. The summed E-state index contributed by atoms with van der Waals surface area (Å²) in [5.74, 6) is 3.54. The maximum Gasteiger partial charge on any atom is 0.330 e. The van der Waals surface area contributed by atoms with Crippen LogP contribution in [0.3, 0.4) is 0 Å². The molecule has 0 N–H and O–H groups in total. The quantitative estimate of drug-likeness (QED) is 0.108. The predicted octanol–water partition coefficient (Wildman–Crippen LogP) is 7.69. The number of hydrogen-bond acceptors (Lipinski definition) is 10. The average molecular weight is 599 g/mol. The smallest absolute Gasteiger partial charge is 0.330 e. The summed E-state index contributed by atoms with van der Waals surface area (Å²) in [7, 11) is 0. The van der Waals surface area contributed by atoms with E-state index in [2.05, 4.69) is 48.2 Å². The zero-order chi connectivity index (χ0) is 25.6. The van der Waals surface area contributed by atoms with E-state index in [4.69, 9.17) is 9.47 Å². The first-order chi connectivity index (χ1) is 17.6. The Labute approximate surface area is 239 Å². The second-order valence-electron chi connectivity index (χ2n) is 7.66. The van der Waals surface area contributed by atoms with Crippen LogP contribution >= 0.6 is 70.6 Å². The molecule has 0 saturated heterocycles. The second-order valence-corrected chi connectivity index (χ2v) is 15.3. The highest BCUT2D eigenvalue weighted by atomic mass is 32.2. The van der Waals surface area contributed by atoms with E-state index in [1.807, 2.05) is 47.0 Å². The molecule has 0 bridgehead atoms. The van der Waals surface area contributed by atoms with Gasteiger partial charge < -0.3 is 9.47 Å². The first-order valence-electron chi connectivity index (χ1n) is 11.4. The Bertz CT molecular complexity index is 883. The normalized spacial score (nSPS) is 18.9. The molecule has 0 saturated carbocycles. The molecule has 4 nitrogen and oxygen atoms in total. The largest absolute Gasteiger partial charge is 0.457 e. The summed E-state index contributed by atoms with van der Waals surface area (Å²) in [5.41, 5.74) is 2.73. The van der Waals surface area contributed by atoms with E-state index >= 15 is 0 Å². The Morgan fingerprint density at radius 2 is 1.19 bits per heavy atom. The Hall–Kier alpha value is -0.780. The van der Waals surface area contributed by atoms with Crippen LogP contribution in [0.15, 0.2) is 70.2 Å². The highest BCUT2D eigenvalue weighted by Crippen LogP contribution is 2.43. The van der Waals surface area contributed by atoms with Gasteiger partial charge in [0.15, 0.2) is 0 Å². The van der Waals surface area contributed by atoms with Gasteiger partial charge in [-0.15, -0.1) is 47.0 Å². The van der Waals surface area contributed by atoms with E-state index < -0.39 is 0 Å². The van der Waals surface area contributed by atoms with Crippen LogP contribution in [0.25, 0.3) is 0 Å². The first-order valence-corrected chi connectivity index (χ1v) is 17.3. The fraction of sp³-hybridized carbons (Fsp3) is 0.385. The van der Waals surface area contributed by atoms with Gasteiger partial charge in [0.25, 0.3) is 0 Å². The topological polar surface area (TPSA) is 52.6 Å². The monoisotopic (exact) mass is 598 g/mol. The molecule has 10 heteroatoms. The van der Waals surface area contributed by atoms with Gasteiger partial charge in [0.1, 0.15) is 13.2 Å². The lowest BCUT2D eigenvalue weighted by Gasteiger charge is -2.10. The number of carbonyl (C=O) groups is 2. The standard InChI is InChI=1S/C26H30O4S6/c1-3-23(27)29-13-21-17-33-25(35-21)9-11-31-15-19-5-7-20(8-6-19)16-32-12-10-26-34-18-22(36-26)14-30-24(28)4-2/h3-8,17-18,25-26H,1-2,9-16H2. The number of hydrogen-bond donors (Lipinski definition) is 0. The minimum atomic E-state index is -0.370. The van der Waals surface area contributed by atoms with Gasteiger partial charge in [0.2, 0.25) is 0 Å². The highest BCUT2D eigenvalue weighted by molar-refractivity contribution is 8.23. The van der Waals surface area contributed by atoms with Gasteiger partial charge in [-0.05, 0) is 46.3 Å². The van der Waals surface area contributed by atoms with E-state index in [1.165, 1.54) is 23.3 Å². The van der Waals surface area contributed by atoms with Crippen LogP contribution in [-0.2, 0) is 30.6 Å². The van der Waals surface area contributed by atoms with E-state index in [1.54, 1.807) is 23.5 Å². The van der Waals surface area contributed by atoms with Crippen molar-refractivity contribution in [1.82, 2.24) is 0 Å². The molecule has 194 valence electrons. The molecule has 2 aliphatic rings. The van der Waals surface area contributed by atoms with Gasteiger partial charge in [-0.2, -0.15) is 23.5 Å². The van der Waals surface area contributed by atoms with Gasteiger partial charge in [-0.3, -0.25) is 0 Å². The number of rotatable bonds is 16. The molecule has 0 amide bonds. The minimum absolute atomic E-state index is 0.350. The van der Waals surface area contributed by atoms with Crippen molar-refractivity contribution in [3.8, 4) is 0 Å². The highest BCUT2D eigenvalue weighted by Gasteiger charge is 2.20. The SMILES string of the molecule is C=CC(=O)OCC1=CSC(CCSCc2ccc(CSCCC3SC=C(COC(=O)C=C)S3)cc2)S1. The summed E-state index contributed by atoms with van der Waals surface area (Å²) in [6.07, 6.45) is 4.65. The van der Waals surface area contributed by atoms with Crippen molar-refractivity contribution >= 4 is 82.5 Å². The summed E-state index contributed by atoms with van der Waals surface area (Å²) < 4.78 is 11.2. The Morgan fingerprint density at radius 1 is 0.778 bits per heavy atom. The van der Waals surface area contributed by atoms with Crippen molar-refractivity contribution in [3.63, 3.8) is 0 Å². The molecule has 2 atom stereocenters. The third kappa shape index (κ3) is 11.3. The fourth-order valence-corrected chi connectivity index (χ4v) is 10.5. The Morgan fingerprint density at radius 3 is 1.58 bits per heavy atom. The van der Waals surface area contributed by atoms with E-state index in [0.717, 1.165) is 45.7 Å². The van der Waals surface area contributed by atoms with E-state index in [0.29, 0.717) is 22.4 Å². The molecular weight excluding hydrogens is 569 g/mol. The van der Waals surface area contributed by atoms with Crippen molar-refractivity contribution in [2.45, 2.75) is 33.5 Å².